The topological polar surface area (TPSA) is 59.4 Å². The molecule has 0 aliphatic carbocycles. The van der Waals surface area contributed by atoms with Gasteiger partial charge < -0.3 is 9.84 Å². The van der Waals surface area contributed by atoms with Gasteiger partial charge in [0.15, 0.2) is 0 Å². The highest BCUT2D eigenvalue weighted by Gasteiger charge is 2.04. The van der Waals surface area contributed by atoms with Gasteiger partial charge in [0.25, 0.3) is 0 Å². The maximum absolute atomic E-state index is 10.5. The van der Waals surface area contributed by atoms with E-state index in [1.165, 1.54) is 0 Å². The molecule has 24 heavy (non-hydrogen) atoms. The van der Waals surface area contributed by atoms with E-state index in [0.29, 0.717) is 13.0 Å². The molecule has 0 unspecified atom stereocenters. The number of nitrogens with zero attached hydrogens (tertiary/aromatic N) is 1. The first-order valence-corrected chi connectivity index (χ1v) is 7.98. The smallest absolute Gasteiger partial charge is 0.303 e. The molecule has 0 bridgehead atoms. The van der Waals surface area contributed by atoms with Gasteiger partial charge in [-0.05, 0) is 42.0 Å². The second-order valence-electron chi connectivity index (χ2n) is 5.66. The van der Waals surface area contributed by atoms with Crippen LogP contribution in [-0.4, -0.2) is 16.1 Å². The van der Waals surface area contributed by atoms with E-state index in [4.69, 9.17) is 9.84 Å². The minimum Gasteiger partial charge on any atom is -0.487 e. The van der Waals surface area contributed by atoms with E-state index in [-0.39, 0.29) is 6.42 Å². The highest BCUT2D eigenvalue weighted by molar-refractivity contribution is 5.84. The number of rotatable bonds is 7. The largest absolute Gasteiger partial charge is 0.487 e. The Morgan fingerprint density at radius 3 is 2.62 bits per heavy atom. The van der Waals surface area contributed by atoms with E-state index in [0.717, 1.165) is 34.2 Å². The number of fused-ring (bicyclic) bond motifs is 1. The monoisotopic (exact) mass is 321 g/mol. The van der Waals surface area contributed by atoms with Crippen molar-refractivity contribution in [3.63, 3.8) is 0 Å². The minimum atomic E-state index is -0.752. The first kappa shape index (κ1) is 16.0. The van der Waals surface area contributed by atoms with Gasteiger partial charge in [-0.2, -0.15) is 0 Å². The van der Waals surface area contributed by atoms with Crippen LogP contribution in [0, 0.1) is 0 Å². The van der Waals surface area contributed by atoms with Gasteiger partial charge in [0.1, 0.15) is 12.4 Å². The zero-order valence-electron chi connectivity index (χ0n) is 13.3. The van der Waals surface area contributed by atoms with E-state index in [1.54, 1.807) is 6.20 Å². The van der Waals surface area contributed by atoms with Crippen LogP contribution >= 0.6 is 0 Å². The molecular formula is C20H19NO3. The summed E-state index contributed by atoms with van der Waals surface area (Å²) in [5.41, 5.74) is 2.03. The van der Waals surface area contributed by atoms with Crippen LogP contribution in [0.15, 0.2) is 60.8 Å². The standard InChI is InChI=1S/C20H19NO3/c22-20(23)7-3-4-15-8-10-17(11-9-15)24-14-19-18-6-2-1-5-16(18)12-13-21-19/h1-2,5-6,8-13H,3-4,7,14H2,(H,22,23). The maximum Gasteiger partial charge on any atom is 0.303 e. The lowest BCUT2D eigenvalue weighted by atomic mass is 10.1. The van der Waals surface area contributed by atoms with Gasteiger partial charge in [0.2, 0.25) is 0 Å². The molecule has 1 N–H and O–H groups in total. The molecule has 0 spiro atoms. The van der Waals surface area contributed by atoms with Crippen molar-refractivity contribution in [2.45, 2.75) is 25.9 Å². The number of benzene rings is 2. The molecule has 0 fully saturated rings. The molecule has 0 atom stereocenters. The van der Waals surface area contributed by atoms with E-state index >= 15 is 0 Å². The molecule has 3 aromatic rings. The predicted molar refractivity (Wildman–Crippen MR) is 93.1 cm³/mol. The summed E-state index contributed by atoms with van der Waals surface area (Å²) < 4.78 is 5.84. The molecule has 0 saturated carbocycles. The number of ether oxygens (including phenoxy) is 1. The molecule has 4 nitrogen and oxygen atoms in total. The summed E-state index contributed by atoms with van der Waals surface area (Å²) in [7, 11) is 0. The number of aryl methyl sites for hydroxylation is 1. The first-order valence-electron chi connectivity index (χ1n) is 7.98. The van der Waals surface area contributed by atoms with Crippen molar-refractivity contribution in [3.8, 4) is 5.75 Å². The van der Waals surface area contributed by atoms with Crippen molar-refractivity contribution in [1.29, 1.82) is 0 Å². The molecule has 0 radical (unpaired) electrons. The third kappa shape index (κ3) is 4.10. The number of hydrogen-bond donors (Lipinski definition) is 1. The average Bonchev–Trinajstić information content (AvgIpc) is 2.61. The summed E-state index contributed by atoms with van der Waals surface area (Å²) in [5.74, 6) is 0.0317. The number of aliphatic carboxylic acids is 1. The maximum atomic E-state index is 10.5. The Hall–Kier alpha value is -2.88. The van der Waals surface area contributed by atoms with Crippen molar-refractivity contribution in [2.24, 2.45) is 0 Å². The van der Waals surface area contributed by atoms with Crippen LogP contribution in [0.5, 0.6) is 5.75 Å². The SMILES string of the molecule is O=C(O)CCCc1ccc(OCc2nccc3ccccc23)cc1. The molecule has 2 aromatic carbocycles. The lowest BCUT2D eigenvalue weighted by Gasteiger charge is -2.09. The van der Waals surface area contributed by atoms with Gasteiger partial charge in [-0.25, -0.2) is 0 Å². The zero-order chi connectivity index (χ0) is 16.8. The number of carboxylic acids is 1. The number of carboxylic acid groups (broad SMARTS) is 1. The first-order chi connectivity index (χ1) is 11.7. The average molecular weight is 321 g/mol. The fourth-order valence-electron chi connectivity index (χ4n) is 2.65. The quantitative estimate of drug-likeness (QED) is 0.708. The van der Waals surface area contributed by atoms with Gasteiger partial charge in [0, 0.05) is 18.0 Å². The lowest BCUT2D eigenvalue weighted by molar-refractivity contribution is -0.137. The van der Waals surface area contributed by atoms with Crippen molar-refractivity contribution in [2.75, 3.05) is 0 Å². The van der Waals surface area contributed by atoms with Gasteiger partial charge in [0.05, 0.1) is 5.69 Å². The molecular weight excluding hydrogens is 302 g/mol. The molecule has 1 aromatic heterocycles. The predicted octanol–water partition coefficient (Wildman–Crippen LogP) is 4.22. The van der Waals surface area contributed by atoms with Crippen molar-refractivity contribution < 1.29 is 14.6 Å². The lowest BCUT2D eigenvalue weighted by Crippen LogP contribution is -1.99. The zero-order valence-corrected chi connectivity index (χ0v) is 13.3. The summed E-state index contributed by atoms with van der Waals surface area (Å²) in [6.07, 6.45) is 3.41. The summed E-state index contributed by atoms with van der Waals surface area (Å²) in [5, 5.41) is 10.9. The third-order valence-electron chi connectivity index (χ3n) is 3.91. The minimum absolute atomic E-state index is 0.199. The van der Waals surface area contributed by atoms with Crippen LogP contribution in [0.4, 0.5) is 0 Å². The molecule has 1 heterocycles. The fraction of sp³-hybridized carbons (Fsp3) is 0.200. The summed E-state index contributed by atoms with van der Waals surface area (Å²) in [6, 6.07) is 17.9. The molecule has 4 heteroatoms. The van der Waals surface area contributed by atoms with Gasteiger partial charge in [-0.3, -0.25) is 9.78 Å². The third-order valence-corrected chi connectivity index (χ3v) is 3.91. The van der Waals surface area contributed by atoms with E-state index in [1.807, 2.05) is 48.5 Å². The Labute approximate surface area is 140 Å². The molecule has 0 aliphatic rings. The van der Waals surface area contributed by atoms with Crippen LogP contribution in [0.25, 0.3) is 10.8 Å². The second kappa shape index (κ2) is 7.59. The Balaban J connectivity index is 1.61. The van der Waals surface area contributed by atoms with E-state index in [2.05, 4.69) is 11.1 Å². The molecule has 0 amide bonds. The summed E-state index contributed by atoms with van der Waals surface area (Å²) in [6.45, 7) is 0.416. The van der Waals surface area contributed by atoms with Gasteiger partial charge in [-0.1, -0.05) is 36.4 Å². The number of carbonyl (C=O) groups is 1. The van der Waals surface area contributed by atoms with Crippen molar-refractivity contribution in [3.05, 3.63) is 72.1 Å². The Kier molecular flexibility index (Phi) is 5.06. The molecule has 122 valence electrons. The highest BCUT2D eigenvalue weighted by atomic mass is 16.5. The Bertz CT molecular complexity index is 822. The number of hydrogen-bond acceptors (Lipinski definition) is 3. The van der Waals surface area contributed by atoms with Crippen LogP contribution in [0.3, 0.4) is 0 Å². The second-order valence-corrected chi connectivity index (χ2v) is 5.66. The molecule has 0 saturated heterocycles. The van der Waals surface area contributed by atoms with Gasteiger partial charge >= 0.3 is 5.97 Å². The number of aromatic nitrogens is 1. The van der Waals surface area contributed by atoms with Crippen LogP contribution in [0.2, 0.25) is 0 Å². The van der Waals surface area contributed by atoms with Gasteiger partial charge in [-0.15, -0.1) is 0 Å². The highest BCUT2D eigenvalue weighted by Crippen LogP contribution is 2.19. The molecule has 3 rings (SSSR count). The van der Waals surface area contributed by atoms with E-state index in [9.17, 15) is 4.79 Å². The normalized spacial score (nSPS) is 10.7. The van der Waals surface area contributed by atoms with Crippen LogP contribution in [-0.2, 0) is 17.8 Å². The Morgan fingerprint density at radius 2 is 1.83 bits per heavy atom. The number of pyridine rings is 1. The van der Waals surface area contributed by atoms with Crippen LogP contribution in [0.1, 0.15) is 24.1 Å². The molecule has 0 aliphatic heterocycles. The van der Waals surface area contributed by atoms with Crippen molar-refractivity contribution >= 4 is 16.7 Å². The summed E-state index contributed by atoms with van der Waals surface area (Å²) in [4.78, 5) is 14.9. The fourth-order valence-corrected chi connectivity index (χ4v) is 2.65. The van der Waals surface area contributed by atoms with Crippen molar-refractivity contribution in [1.82, 2.24) is 4.98 Å². The van der Waals surface area contributed by atoms with Crippen LogP contribution < -0.4 is 4.74 Å². The Morgan fingerprint density at radius 1 is 1.04 bits per heavy atom. The summed E-state index contributed by atoms with van der Waals surface area (Å²) >= 11 is 0. The van der Waals surface area contributed by atoms with E-state index < -0.39 is 5.97 Å².